The summed E-state index contributed by atoms with van der Waals surface area (Å²) in [5.74, 6) is -0.527. The van der Waals surface area contributed by atoms with Gasteiger partial charge in [0.25, 0.3) is 11.6 Å². The van der Waals surface area contributed by atoms with E-state index in [9.17, 15) is 23.3 Å². The van der Waals surface area contributed by atoms with Crippen molar-refractivity contribution < 1.29 is 18.1 Å². The molecule has 0 aromatic heterocycles. The standard InChI is InChI=1S/C20H22BrN3O5S/c1-23(16-5-3-2-4-6-16)30(28,29)17-10-8-15(9-11-17)22-20(25)14-7-12-18(21)19(13-14)24(26)27/h7-13,16H,2-6H2,1H3,(H,22,25). The summed E-state index contributed by atoms with van der Waals surface area (Å²) in [5, 5.41) is 13.7. The SMILES string of the molecule is CN(C1CCCCC1)S(=O)(=O)c1ccc(NC(=O)c2ccc(Br)c([N+](=O)[O-])c2)cc1. The third-order valence-corrected chi connectivity index (χ3v) is 7.88. The Morgan fingerprint density at radius 1 is 1.13 bits per heavy atom. The van der Waals surface area contributed by atoms with Crippen LogP contribution in [-0.2, 0) is 10.0 Å². The summed E-state index contributed by atoms with van der Waals surface area (Å²) >= 11 is 3.08. The first-order valence-electron chi connectivity index (χ1n) is 9.53. The van der Waals surface area contributed by atoms with Crippen molar-refractivity contribution in [2.45, 2.75) is 43.0 Å². The summed E-state index contributed by atoms with van der Waals surface area (Å²) in [6.07, 6.45) is 4.93. The van der Waals surface area contributed by atoms with Crippen molar-refractivity contribution in [1.29, 1.82) is 0 Å². The summed E-state index contributed by atoms with van der Waals surface area (Å²) in [4.78, 5) is 23.0. The second-order valence-electron chi connectivity index (χ2n) is 7.21. The van der Waals surface area contributed by atoms with Gasteiger partial charge in [0, 0.05) is 30.4 Å². The Morgan fingerprint density at radius 3 is 2.37 bits per heavy atom. The number of carbonyl (C=O) groups is 1. The van der Waals surface area contributed by atoms with Crippen LogP contribution in [0.3, 0.4) is 0 Å². The second-order valence-corrected chi connectivity index (χ2v) is 10.1. The van der Waals surface area contributed by atoms with Crippen LogP contribution in [0.15, 0.2) is 51.8 Å². The minimum Gasteiger partial charge on any atom is -0.322 e. The van der Waals surface area contributed by atoms with Crippen LogP contribution in [0.1, 0.15) is 42.5 Å². The Hall–Kier alpha value is -2.30. The van der Waals surface area contributed by atoms with E-state index >= 15 is 0 Å². The smallest absolute Gasteiger partial charge is 0.284 e. The molecule has 0 heterocycles. The van der Waals surface area contributed by atoms with Gasteiger partial charge in [-0.3, -0.25) is 14.9 Å². The second kappa shape index (κ2) is 9.23. The number of nitro benzene ring substituents is 1. The van der Waals surface area contributed by atoms with E-state index in [2.05, 4.69) is 21.2 Å². The quantitative estimate of drug-likeness (QED) is 0.466. The fourth-order valence-electron chi connectivity index (χ4n) is 3.51. The lowest BCUT2D eigenvalue weighted by Gasteiger charge is -2.30. The van der Waals surface area contributed by atoms with Crippen molar-refractivity contribution in [3.63, 3.8) is 0 Å². The normalized spacial score (nSPS) is 15.2. The van der Waals surface area contributed by atoms with E-state index in [1.807, 2.05) is 0 Å². The molecule has 0 radical (unpaired) electrons. The van der Waals surface area contributed by atoms with E-state index in [0.717, 1.165) is 32.1 Å². The largest absolute Gasteiger partial charge is 0.322 e. The number of hydrogen-bond donors (Lipinski definition) is 1. The van der Waals surface area contributed by atoms with Crippen molar-refractivity contribution in [1.82, 2.24) is 4.31 Å². The first-order chi connectivity index (χ1) is 14.2. The fraction of sp³-hybridized carbons (Fsp3) is 0.350. The molecule has 0 aliphatic heterocycles. The summed E-state index contributed by atoms with van der Waals surface area (Å²) in [7, 11) is -2.00. The molecule has 2 aromatic carbocycles. The number of sulfonamides is 1. The van der Waals surface area contributed by atoms with Gasteiger partial charge in [-0.15, -0.1) is 0 Å². The first kappa shape index (κ1) is 22.4. The first-order valence-corrected chi connectivity index (χ1v) is 11.8. The molecule has 0 spiro atoms. The van der Waals surface area contributed by atoms with Crippen molar-refractivity contribution >= 4 is 43.2 Å². The van der Waals surface area contributed by atoms with Crippen LogP contribution in [0.25, 0.3) is 0 Å². The van der Waals surface area contributed by atoms with Crippen LogP contribution in [0.5, 0.6) is 0 Å². The Kier molecular flexibility index (Phi) is 6.89. The van der Waals surface area contributed by atoms with Gasteiger partial charge >= 0.3 is 0 Å². The average Bonchev–Trinajstić information content (AvgIpc) is 2.74. The number of nitrogens with zero attached hydrogens (tertiary/aromatic N) is 2. The summed E-state index contributed by atoms with van der Waals surface area (Å²) in [6.45, 7) is 0. The monoisotopic (exact) mass is 495 g/mol. The number of benzene rings is 2. The minimum absolute atomic E-state index is 0.0105. The Bertz CT molecular complexity index is 1050. The lowest BCUT2D eigenvalue weighted by Crippen LogP contribution is -2.38. The molecule has 160 valence electrons. The highest BCUT2D eigenvalue weighted by atomic mass is 79.9. The van der Waals surface area contributed by atoms with Crippen LogP contribution in [-0.4, -0.2) is 36.6 Å². The van der Waals surface area contributed by atoms with E-state index in [-0.39, 0.29) is 26.7 Å². The predicted molar refractivity (Wildman–Crippen MR) is 117 cm³/mol. The van der Waals surface area contributed by atoms with E-state index in [4.69, 9.17) is 0 Å². The molecule has 1 N–H and O–H groups in total. The number of rotatable bonds is 6. The number of halogens is 1. The zero-order chi connectivity index (χ0) is 21.9. The molecule has 10 heteroatoms. The lowest BCUT2D eigenvalue weighted by molar-refractivity contribution is -0.385. The number of anilines is 1. The minimum atomic E-state index is -3.62. The predicted octanol–water partition coefficient (Wildman–Crippen LogP) is 4.56. The van der Waals surface area contributed by atoms with Crippen LogP contribution >= 0.6 is 15.9 Å². The topological polar surface area (TPSA) is 110 Å². The van der Waals surface area contributed by atoms with Crippen molar-refractivity contribution in [2.75, 3.05) is 12.4 Å². The summed E-state index contributed by atoms with van der Waals surface area (Å²) < 4.78 is 27.5. The molecule has 1 aliphatic carbocycles. The van der Waals surface area contributed by atoms with Gasteiger partial charge in [-0.05, 0) is 65.2 Å². The number of carbonyl (C=O) groups excluding carboxylic acids is 1. The summed E-state index contributed by atoms with van der Waals surface area (Å²) in [5.41, 5.74) is 0.304. The molecule has 1 amide bonds. The third-order valence-electron chi connectivity index (χ3n) is 5.28. The van der Waals surface area contributed by atoms with Gasteiger partial charge in [-0.1, -0.05) is 19.3 Å². The van der Waals surface area contributed by atoms with E-state index in [1.165, 1.54) is 46.8 Å². The molecule has 0 saturated heterocycles. The highest BCUT2D eigenvalue weighted by Crippen LogP contribution is 2.28. The van der Waals surface area contributed by atoms with E-state index in [1.54, 1.807) is 7.05 Å². The van der Waals surface area contributed by atoms with Crippen LogP contribution in [0.2, 0.25) is 0 Å². The maximum Gasteiger partial charge on any atom is 0.284 e. The maximum atomic E-state index is 12.9. The van der Waals surface area contributed by atoms with Gasteiger partial charge in [-0.25, -0.2) is 8.42 Å². The van der Waals surface area contributed by atoms with Gasteiger partial charge < -0.3 is 5.32 Å². The molecular formula is C20H22BrN3O5S. The molecule has 8 nitrogen and oxygen atoms in total. The maximum absolute atomic E-state index is 12.9. The molecular weight excluding hydrogens is 474 g/mol. The van der Waals surface area contributed by atoms with Crippen molar-refractivity contribution in [2.24, 2.45) is 0 Å². The Labute approximate surface area is 183 Å². The van der Waals surface area contributed by atoms with Gasteiger partial charge in [0.2, 0.25) is 10.0 Å². The molecule has 0 atom stereocenters. The van der Waals surface area contributed by atoms with Crippen molar-refractivity contribution in [3.8, 4) is 0 Å². The molecule has 1 saturated carbocycles. The third kappa shape index (κ3) is 4.88. The van der Waals surface area contributed by atoms with Gasteiger partial charge in [0.15, 0.2) is 0 Å². The average molecular weight is 496 g/mol. The molecule has 1 fully saturated rings. The zero-order valence-electron chi connectivity index (χ0n) is 16.4. The van der Waals surface area contributed by atoms with Gasteiger partial charge in [0.05, 0.1) is 14.3 Å². The number of amides is 1. The number of hydrogen-bond acceptors (Lipinski definition) is 5. The number of nitrogens with one attached hydrogen (secondary N) is 1. The summed E-state index contributed by atoms with van der Waals surface area (Å²) in [6, 6.07) is 10.0. The van der Waals surface area contributed by atoms with Gasteiger partial charge in [0.1, 0.15) is 0 Å². The lowest BCUT2D eigenvalue weighted by atomic mass is 9.96. The van der Waals surface area contributed by atoms with E-state index < -0.39 is 20.9 Å². The number of nitro groups is 1. The molecule has 0 bridgehead atoms. The molecule has 0 unspecified atom stereocenters. The molecule has 3 rings (SSSR count). The van der Waals surface area contributed by atoms with Crippen molar-refractivity contribution in [3.05, 3.63) is 62.6 Å². The molecule has 2 aromatic rings. The Balaban J connectivity index is 1.73. The fourth-order valence-corrected chi connectivity index (χ4v) is 5.32. The molecule has 1 aliphatic rings. The Morgan fingerprint density at radius 2 is 1.77 bits per heavy atom. The highest BCUT2D eigenvalue weighted by molar-refractivity contribution is 9.10. The van der Waals surface area contributed by atoms with Crippen LogP contribution in [0.4, 0.5) is 11.4 Å². The van der Waals surface area contributed by atoms with E-state index in [0.29, 0.717) is 5.69 Å². The molecule has 30 heavy (non-hydrogen) atoms. The zero-order valence-corrected chi connectivity index (χ0v) is 18.8. The van der Waals surface area contributed by atoms with Crippen LogP contribution < -0.4 is 5.32 Å². The van der Waals surface area contributed by atoms with Crippen LogP contribution in [0, 0.1) is 10.1 Å². The van der Waals surface area contributed by atoms with Gasteiger partial charge in [-0.2, -0.15) is 4.31 Å². The highest BCUT2D eigenvalue weighted by Gasteiger charge is 2.29.